The molecule has 0 unspecified atom stereocenters. The van der Waals surface area contributed by atoms with Gasteiger partial charge in [0.15, 0.2) is 0 Å². The Hall–Kier alpha value is -0.820. The number of ether oxygens (including phenoxy) is 1. The van der Waals surface area contributed by atoms with Gasteiger partial charge in [-0.15, -0.1) is 0 Å². The fourth-order valence-electron chi connectivity index (χ4n) is 2.07. The second-order valence-corrected chi connectivity index (χ2v) is 4.40. The zero-order valence-corrected chi connectivity index (χ0v) is 8.94. The van der Waals surface area contributed by atoms with Crippen molar-refractivity contribution in [3.05, 3.63) is 35.9 Å². The highest BCUT2D eigenvalue weighted by Crippen LogP contribution is 2.35. The zero-order chi connectivity index (χ0) is 9.97. The highest BCUT2D eigenvalue weighted by atomic mass is 16.5. The Labute approximate surface area is 86.1 Å². The lowest BCUT2D eigenvalue weighted by Crippen LogP contribution is -2.13. The van der Waals surface area contributed by atoms with Gasteiger partial charge < -0.3 is 4.74 Å². The number of hydrogen-bond donors (Lipinski definition) is 0. The molecule has 1 heterocycles. The molecular formula is C13H18O. The van der Waals surface area contributed by atoms with E-state index in [0.29, 0.717) is 18.1 Å². The lowest BCUT2D eigenvalue weighted by Gasteiger charge is -2.16. The van der Waals surface area contributed by atoms with Gasteiger partial charge >= 0.3 is 0 Å². The zero-order valence-electron chi connectivity index (χ0n) is 8.94. The van der Waals surface area contributed by atoms with Gasteiger partial charge in [-0.3, -0.25) is 0 Å². The van der Waals surface area contributed by atoms with Crippen molar-refractivity contribution < 1.29 is 4.74 Å². The summed E-state index contributed by atoms with van der Waals surface area (Å²) >= 11 is 0. The monoisotopic (exact) mass is 190 g/mol. The van der Waals surface area contributed by atoms with Crippen LogP contribution in [0.2, 0.25) is 0 Å². The van der Waals surface area contributed by atoms with Gasteiger partial charge in [0, 0.05) is 0 Å². The Bertz CT molecular complexity index is 279. The summed E-state index contributed by atoms with van der Waals surface area (Å²) in [5.74, 6) is 0.642. The SMILES string of the molecule is CC(C)[C@@H]1CC[C@@H](c2ccccc2)O1. The van der Waals surface area contributed by atoms with Crippen LogP contribution < -0.4 is 0 Å². The van der Waals surface area contributed by atoms with Crippen molar-refractivity contribution in [3.8, 4) is 0 Å². The van der Waals surface area contributed by atoms with E-state index in [0.717, 1.165) is 0 Å². The molecule has 0 radical (unpaired) electrons. The molecule has 1 aliphatic rings. The van der Waals surface area contributed by atoms with Gasteiger partial charge in [0.05, 0.1) is 12.2 Å². The molecule has 1 aliphatic heterocycles. The number of hydrogen-bond acceptors (Lipinski definition) is 1. The molecule has 0 spiro atoms. The molecule has 14 heavy (non-hydrogen) atoms. The van der Waals surface area contributed by atoms with E-state index in [1.54, 1.807) is 0 Å². The maximum absolute atomic E-state index is 6.01. The predicted octanol–water partition coefficient (Wildman–Crippen LogP) is 3.56. The summed E-state index contributed by atoms with van der Waals surface area (Å²) in [5, 5.41) is 0. The van der Waals surface area contributed by atoms with Crippen LogP contribution in [-0.2, 0) is 4.74 Å². The third kappa shape index (κ3) is 1.98. The first-order valence-corrected chi connectivity index (χ1v) is 5.48. The fraction of sp³-hybridized carbons (Fsp3) is 0.538. The van der Waals surface area contributed by atoms with E-state index in [-0.39, 0.29) is 0 Å². The van der Waals surface area contributed by atoms with Crippen molar-refractivity contribution in [2.24, 2.45) is 5.92 Å². The first-order valence-electron chi connectivity index (χ1n) is 5.48. The molecule has 0 aromatic heterocycles. The first-order chi connectivity index (χ1) is 6.77. The van der Waals surface area contributed by atoms with Gasteiger partial charge in [0.25, 0.3) is 0 Å². The van der Waals surface area contributed by atoms with Gasteiger partial charge in [-0.05, 0) is 24.3 Å². The maximum Gasteiger partial charge on any atom is 0.0829 e. The molecule has 1 nitrogen and oxygen atoms in total. The van der Waals surface area contributed by atoms with Crippen LogP contribution in [0.15, 0.2) is 30.3 Å². The molecule has 0 amide bonds. The minimum absolute atomic E-state index is 0.337. The summed E-state index contributed by atoms with van der Waals surface area (Å²) in [6.07, 6.45) is 3.17. The van der Waals surface area contributed by atoms with Crippen LogP contribution in [0.1, 0.15) is 38.4 Å². The Balaban J connectivity index is 2.03. The molecule has 2 rings (SSSR count). The molecule has 0 aliphatic carbocycles. The molecule has 76 valence electrons. The third-order valence-electron chi connectivity index (χ3n) is 2.97. The topological polar surface area (TPSA) is 9.23 Å². The van der Waals surface area contributed by atoms with Gasteiger partial charge in [-0.25, -0.2) is 0 Å². The highest BCUT2D eigenvalue weighted by molar-refractivity contribution is 5.18. The number of benzene rings is 1. The van der Waals surface area contributed by atoms with Crippen molar-refractivity contribution >= 4 is 0 Å². The van der Waals surface area contributed by atoms with E-state index in [1.165, 1.54) is 18.4 Å². The minimum atomic E-state index is 0.337. The van der Waals surface area contributed by atoms with Crippen LogP contribution >= 0.6 is 0 Å². The summed E-state index contributed by atoms with van der Waals surface area (Å²) in [7, 11) is 0. The molecule has 0 bridgehead atoms. The van der Waals surface area contributed by atoms with Crippen molar-refractivity contribution in [1.29, 1.82) is 0 Å². The average molecular weight is 190 g/mol. The van der Waals surface area contributed by atoms with E-state index in [2.05, 4.69) is 44.2 Å². The van der Waals surface area contributed by atoms with Crippen LogP contribution in [0.25, 0.3) is 0 Å². The molecule has 1 saturated heterocycles. The summed E-state index contributed by atoms with van der Waals surface area (Å²) in [6, 6.07) is 10.5. The Morgan fingerprint density at radius 1 is 1.14 bits per heavy atom. The molecule has 0 N–H and O–H groups in total. The second-order valence-electron chi connectivity index (χ2n) is 4.40. The largest absolute Gasteiger partial charge is 0.370 e. The van der Waals surface area contributed by atoms with Crippen LogP contribution in [-0.4, -0.2) is 6.10 Å². The van der Waals surface area contributed by atoms with E-state index in [4.69, 9.17) is 4.74 Å². The number of rotatable bonds is 2. The van der Waals surface area contributed by atoms with E-state index >= 15 is 0 Å². The van der Waals surface area contributed by atoms with E-state index < -0.39 is 0 Å². The summed E-state index contributed by atoms with van der Waals surface area (Å²) < 4.78 is 6.01. The Kier molecular flexibility index (Phi) is 2.87. The van der Waals surface area contributed by atoms with Crippen LogP contribution in [0.3, 0.4) is 0 Å². The maximum atomic E-state index is 6.01. The van der Waals surface area contributed by atoms with Crippen LogP contribution in [0.4, 0.5) is 0 Å². The van der Waals surface area contributed by atoms with E-state index in [1.807, 2.05) is 0 Å². The molecule has 1 heteroatoms. The van der Waals surface area contributed by atoms with Gasteiger partial charge in [0.2, 0.25) is 0 Å². The van der Waals surface area contributed by atoms with Crippen molar-refractivity contribution in [2.45, 2.75) is 38.9 Å². The predicted molar refractivity (Wildman–Crippen MR) is 58.1 cm³/mol. The van der Waals surface area contributed by atoms with Gasteiger partial charge in [-0.1, -0.05) is 44.2 Å². The van der Waals surface area contributed by atoms with Crippen molar-refractivity contribution in [3.63, 3.8) is 0 Å². The summed E-state index contributed by atoms with van der Waals surface area (Å²) in [6.45, 7) is 4.47. The summed E-state index contributed by atoms with van der Waals surface area (Å²) in [5.41, 5.74) is 1.33. The summed E-state index contributed by atoms with van der Waals surface area (Å²) in [4.78, 5) is 0. The van der Waals surface area contributed by atoms with Gasteiger partial charge in [0.1, 0.15) is 0 Å². The van der Waals surface area contributed by atoms with Crippen molar-refractivity contribution in [2.75, 3.05) is 0 Å². The average Bonchev–Trinajstić information content (AvgIpc) is 2.68. The Morgan fingerprint density at radius 2 is 1.86 bits per heavy atom. The standard InChI is InChI=1S/C13H18O/c1-10(2)12-8-9-13(14-12)11-6-4-3-5-7-11/h3-7,10,12-13H,8-9H2,1-2H3/t12-,13-/m0/s1. The highest BCUT2D eigenvalue weighted by Gasteiger charge is 2.27. The van der Waals surface area contributed by atoms with Crippen LogP contribution in [0, 0.1) is 5.92 Å². The molecule has 0 saturated carbocycles. The quantitative estimate of drug-likeness (QED) is 0.692. The lowest BCUT2D eigenvalue weighted by molar-refractivity contribution is 0.0188. The molecular weight excluding hydrogens is 172 g/mol. The second kappa shape index (κ2) is 4.14. The first kappa shape index (κ1) is 9.72. The van der Waals surface area contributed by atoms with Crippen molar-refractivity contribution in [1.82, 2.24) is 0 Å². The molecule has 2 atom stereocenters. The molecule has 1 aromatic rings. The van der Waals surface area contributed by atoms with Gasteiger partial charge in [-0.2, -0.15) is 0 Å². The normalized spacial score (nSPS) is 27.1. The third-order valence-corrected chi connectivity index (χ3v) is 2.97. The lowest BCUT2D eigenvalue weighted by atomic mass is 10.0. The fourth-order valence-corrected chi connectivity index (χ4v) is 2.07. The smallest absolute Gasteiger partial charge is 0.0829 e. The molecule has 1 fully saturated rings. The van der Waals surface area contributed by atoms with Crippen LogP contribution in [0.5, 0.6) is 0 Å². The Morgan fingerprint density at radius 3 is 2.43 bits per heavy atom. The van der Waals surface area contributed by atoms with E-state index in [9.17, 15) is 0 Å². The minimum Gasteiger partial charge on any atom is -0.370 e. The molecule has 1 aromatic carbocycles.